The van der Waals surface area contributed by atoms with Gasteiger partial charge in [-0.2, -0.15) is 0 Å². The van der Waals surface area contributed by atoms with Crippen molar-refractivity contribution in [1.82, 2.24) is 15.5 Å². The molecule has 9 nitrogen and oxygen atoms in total. The quantitative estimate of drug-likeness (QED) is 0.161. The number of ether oxygens (including phenoxy) is 3. The van der Waals surface area contributed by atoms with Crippen LogP contribution in [0, 0.1) is 11.8 Å². The number of hydrogen-bond donors (Lipinski definition) is 2. The van der Waals surface area contributed by atoms with Crippen LogP contribution < -0.4 is 10.6 Å². The summed E-state index contributed by atoms with van der Waals surface area (Å²) in [6, 6.07) is 29.3. The van der Waals surface area contributed by atoms with Crippen LogP contribution in [0.25, 0.3) is 17.2 Å². The summed E-state index contributed by atoms with van der Waals surface area (Å²) in [7, 11) is 1.23. The van der Waals surface area contributed by atoms with Gasteiger partial charge >= 0.3 is 12.1 Å². The third-order valence-corrected chi connectivity index (χ3v) is 9.14. The Morgan fingerprint density at radius 1 is 0.882 bits per heavy atom. The minimum Gasteiger partial charge on any atom is -0.467 e. The van der Waals surface area contributed by atoms with E-state index < -0.39 is 30.1 Å². The number of fused-ring (bicyclic) bond motifs is 3. The Bertz CT molecular complexity index is 1890. The maximum absolute atomic E-state index is 13.2. The molecule has 2 amide bonds. The zero-order valence-corrected chi connectivity index (χ0v) is 28.8. The highest BCUT2D eigenvalue weighted by Crippen LogP contribution is 2.44. The molecule has 6 rings (SSSR count). The molecule has 0 spiro atoms. The highest BCUT2D eigenvalue weighted by molar-refractivity contribution is 5.97. The van der Waals surface area contributed by atoms with Crippen LogP contribution in [0.4, 0.5) is 4.79 Å². The molecule has 0 radical (unpaired) electrons. The van der Waals surface area contributed by atoms with E-state index in [0.29, 0.717) is 5.56 Å². The molecule has 0 aromatic heterocycles. The summed E-state index contributed by atoms with van der Waals surface area (Å²) in [6.45, 7) is 6.11. The average Bonchev–Trinajstić information content (AvgIpc) is 3.49. The number of carbonyl (C=O) groups is 3. The van der Waals surface area contributed by atoms with E-state index in [0.717, 1.165) is 66.2 Å². The van der Waals surface area contributed by atoms with E-state index in [-0.39, 0.29) is 12.5 Å². The normalized spacial score (nSPS) is 15.1. The van der Waals surface area contributed by atoms with Crippen molar-refractivity contribution in [2.75, 3.05) is 40.0 Å². The summed E-state index contributed by atoms with van der Waals surface area (Å²) in [5.74, 6) is 4.92. The molecule has 1 heterocycles. The van der Waals surface area contributed by atoms with Crippen LogP contribution in [0.15, 0.2) is 103 Å². The van der Waals surface area contributed by atoms with Gasteiger partial charge in [-0.15, -0.1) is 0 Å². The summed E-state index contributed by atoms with van der Waals surface area (Å²) < 4.78 is 16.0. The van der Waals surface area contributed by atoms with Gasteiger partial charge < -0.3 is 24.8 Å². The Hall–Kier alpha value is -5.69. The predicted octanol–water partition coefficient (Wildman–Crippen LogP) is 5.78. The number of carbonyl (C=O) groups excluding carboxylic acids is 3. The molecule has 4 aromatic carbocycles. The number of methoxy groups -OCH3 is 1. The number of nitrogens with one attached hydrogen (secondary N) is 2. The number of amides is 2. The van der Waals surface area contributed by atoms with Gasteiger partial charge in [-0.3, -0.25) is 9.69 Å². The second-order valence-electron chi connectivity index (χ2n) is 12.5. The fourth-order valence-electron chi connectivity index (χ4n) is 6.37. The number of alkyl carbamates (subject to hydrolysis) is 1. The molecule has 1 saturated heterocycles. The van der Waals surface area contributed by atoms with E-state index in [9.17, 15) is 14.4 Å². The van der Waals surface area contributed by atoms with Gasteiger partial charge in [-0.1, -0.05) is 84.6 Å². The molecule has 2 N–H and O–H groups in total. The maximum atomic E-state index is 13.2. The first-order chi connectivity index (χ1) is 24.9. The minimum atomic E-state index is -1.15. The smallest absolute Gasteiger partial charge is 0.407 e. The van der Waals surface area contributed by atoms with E-state index in [1.54, 1.807) is 37.3 Å². The lowest BCUT2D eigenvalue weighted by atomic mass is 9.98. The monoisotopic (exact) mass is 683 g/mol. The Labute approximate surface area is 298 Å². The third kappa shape index (κ3) is 8.92. The highest BCUT2D eigenvalue weighted by Gasteiger charge is 2.32. The minimum absolute atomic E-state index is 0.109. The molecule has 51 heavy (non-hydrogen) atoms. The number of allylic oxidation sites excluding steroid dienone is 1. The zero-order chi connectivity index (χ0) is 35.6. The van der Waals surface area contributed by atoms with Gasteiger partial charge in [0, 0.05) is 36.7 Å². The topological polar surface area (TPSA) is 106 Å². The number of morpholine rings is 1. The molecule has 4 aromatic rings. The predicted molar refractivity (Wildman–Crippen MR) is 196 cm³/mol. The average molecular weight is 684 g/mol. The lowest BCUT2D eigenvalue weighted by molar-refractivity contribution is -0.143. The van der Waals surface area contributed by atoms with E-state index >= 15 is 0 Å². The Kier molecular flexibility index (Phi) is 11.6. The summed E-state index contributed by atoms with van der Waals surface area (Å²) in [5, 5.41) is 5.38. The van der Waals surface area contributed by atoms with Gasteiger partial charge in [-0.25, -0.2) is 9.59 Å². The van der Waals surface area contributed by atoms with E-state index in [4.69, 9.17) is 14.2 Å². The molecule has 1 fully saturated rings. The van der Waals surface area contributed by atoms with Crippen molar-refractivity contribution in [2.24, 2.45) is 0 Å². The lowest BCUT2D eigenvalue weighted by Crippen LogP contribution is -2.54. The molecule has 1 aliphatic heterocycles. The van der Waals surface area contributed by atoms with Crippen LogP contribution in [0.3, 0.4) is 0 Å². The van der Waals surface area contributed by atoms with Crippen molar-refractivity contribution in [3.8, 4) is 23.0 Å². The molecule has 2 atom stereocenters. The second kappa shape index (κ2) is 16.8. The fraction of sp³-hybridized carbons (Fsp3) is 0.262. The number of nitrogens with zero attached hydrogens (tertiary/aromatic N) is 1. The van der Waals surface area contributed by atoms with Crippen LogP contribution in [0.5, 0.6) is 0 Å². The standard InChI is InChI=1S/C42H41N3O6/c1-29(43-42(48)51-28-38-36-13-7-5-11-34(36)35-12-6-8-14-37(35)38)39(41(47)49-2)44-40(46)33-21-19-31(20-22-33)10-4-3-9-30-15-17-32(18-16-30)27-45-23-25-50-26-24-45/h4-8,10-22,29,38-39H,23-28H2,1-2H3,(H,43,48)(H,44,46)/b10-4+. The molecule has 0 bridgehead atoms. The van der Waals surface area contributed by atoms with Crippen molar-refractivity contribution < 1.29 is 28.6 Å². The van der Waals surface area contributed by atoms with Crippen LogP contribution in [0.1, 0.15) is 51.0 Å². The summed E-state index contributed by atoms with van der Waals surface area (Å²) in [4.78, 5) is 41.1. The van der Waals surface area contributed by atoms with Crippen molar-refractivity contribution in [1.29, 1.82) is 0 Å². The molecule has 2 aliphatic rings. The second-order valence-corrected chi connectivity index (χ2v) is 12.5. The fourth-order valence-corrected chi connectivity index (χ4v) is 6.37. The molecular formula is C42H41N3O6. The van der Waals surface area contributed by atoms with E-state index in [1.807, 2.05) is 54.6 Å². The first-order valence-corrected chi connectivity index (χ1v) is 17.1. The van der Waals surface area contributed by atoms with Crippen LogP contribution in [-0.4, -0.2) is 75.0 Å². The third-order valence-electron chi connectivity index (χ3n) is 9.14. The van der Waals surface area contributed by atoms with Gasteiger partial charge in [0.05, 0.1) is 26.4 Å². The summed E-state index contributed by atoms with van der Waals surface area (Å²) >= 11 is 0. The molecule has 2 unspecified atom stereocenters. The van der Waals surface area contributed by atoms with Crippen LogP contribution in [-0.2, 0) is 25.5 Å². The van der Waals surface area contributed by atoms with E-state index in [2.05, 4.69) is 51.6 Å². The molecule has 1 aliphatic carbocycles. The van der Waals surface area contributed by atoms with Crippen molar-refractivity contribution in [3.05, 3.63) is 137 Å². The largest absolute Gasteiger partial charge is 0.467 e. The molecular weight excluding hydrogens is 642 g/mol. The Morgan fingerprint density at radius 3 is 2.18 bits per heavy atom. The lowest BCUT2D eigenvalue weighted by Gasteiger charge is -2.26. The van der Waals surface area contributed by atoms with Crippen molar-refractivity contribution >= 4 is 24.0 Å². The zero-order valence-electron chi connectivity index (χ0n) is 28.8. The SMILES string of the molecule is COC(=O)C(NC(=O)c1ccc(/C=C/C#Cc2ccc(CN3CCOCC3)cc2)cc1)C(C)NC(=O)OCC1c2ccccc2-c2ccccc21. The first-order valence-electron chi connectivity index (χ1n) is 17.1. The molecule has 0 saturated carbocycles. The first kappa shape index (κ1) is 35.1. The molecule has 9 heteroatoms. The Morgan fingerprint density at radius 2 is 1.53 bits per heavy atom. The van der Waals surface area contributed by atoms with Gasteiger partial charge in [-0.05, 0) is 76.7 Å². The highest BCUT2D eigenvalue weighted by atomic mass is 16.5. The number of hydrogen-bond acceptors (Lipinski definition) is 7. The van der Waals surface area contributed by atoms with Gasteiger partial charge in [0.25, 0.3) is 5.91 Å². The van der Waals surface area contributed by atoms with Crippen LogP contribution in [0.2, 0.25) is 0 Å². The number of esters is 1. The van der Waals surface area contributed by atoms with Gasteiger partial charge in [0.2, 0.25) is 0 Å². The molecule has 260 valence electrons. The number of benzene rings is 4. The van der Waals surface area contributed by atoms with Gasteiger partial charge in [0.1, 0.15) is 12.6 Å². The van der Waals surface area contributed by atoms with Gasteiger partial charge in [0.15, 0.2) is 0 Å². The van der Waals surface area contributed by atoms with Crippen molar-refractivity contribution in [2.45, 2.75) is 31.5 Å². The summed E-state index contributed by atoms with van der Waals surface area (Å²) in [6.07, 6.45) is 2.92. The Balaban J connectivity index is 0.999. The van der Waals surface area contributed by atoms with E-state index in [1.165, 1.54) is 12.7 Å². The van der Waals surface area contributed by atoms with Crippen LogP contribution >= 0.6 is 0 Å². The maximum Gasteiger partial charge on any atom is 0.407 e. The van der Waals surface area contributed by atoms with Crippen molar-refractivity contribution in [3.63, 3.8) is 0 Å². The number of rotatable bonds is 10. The summed E-state index contributed by atoms with van der Waals surface area (Å²) in [5.41, 5.74) is 7.82.